The van der Waals surface area contributed by atoms with Crippen molar-refractivity contribution in [2.45, 2.75) is 0 Å². The predicted molar refractivity (Wildman–Crippen MR) is 137 cm³/mol. The number of para-hydroxylation sites is 2. The van der Waals surface area contributed by atoms with Gasteiger partial charge in [-0.2, -0.15) is 10.2 Å². The topological polar surface area (TPSA) is 90.8 Å². The Morgan fingerprint density at radius 3 is 1.46 bits per heavy atom. The smallest absolute Gasteiger partial charge is 0.201 e. The van der Waals surface area contributed by atoms with E-state index >= 15 is 0 Å². The van der Waals surface area contributed by atoms with Crippen LogP contribution in [0.4, 0.5) is 0 Å². The summed E-state index contributed by atoms with van der Waals surface area (Å²) in [4.78, 5) is 2.68. The summed E-state index contributed by atoms with van der Waals surface area (Å²) < 4.78 is 3.58. The van der Waals surface area contributed by atoms with Crippen LogP contribution in [0.15, 0.2) is 108 Å². The summed E-state index contributed by atoms with van der Waals surface area (Å²) in [6.45, 7) is 0. The van der Waals surface area contributed by atoms with Gasteiger partial charge in [0.05, 0.1) is 22.2 Å². The number of nitrogens with zero attached hydrogens (tertiary/aromatic N) is 4. The molecule has 0 atom stereocenters. The van der Waals surface area contributed by atoms with Crippen LogP contribution in [0.1, 0.15) is 22.3 Å². The van der Waals surface area contributed by atoms with Crippen LogP contribution in [-0.4, -0.2) is 36.0 Å². The van der Waals surface area contributed by atoms with E-state index < -0.39 is 0 Å². The summed E-state index contributed by atoms with van der Waals surface area (Å²) in [5, 5.41) is 33.7. The molecular formula is C28H19N5O2. The first kappa shape index (κ1) is 19.4. The molecule has 0 saturated carbocycles. The van der Waals surface area contributed by atoms with Gasteiger partial charge >= 0.3 is 0 Å². The van der Waals surface area contributed by atoms with E-state index in [9.17, 15) is 10.2 Å². The van der Waals surface area contributed by atoms with E-state index in [1.807, 2.05) is 97.3 Å². The molecule has 3 heterocycles. The summed E-state index contributed by atoms with van der Waals surface area (Å²) in [7, 11) is 0. The van der Waals surface area contributed by atoms with Crippen LogP contribution in [0.2, 0.25) is 0 Å². The van der Waals surface area contributed by atoms with E-state index in [2.05, 4.69) is 4.98 Å². The number of nitrogens with one attached hydrogen (secondary N) is 1. The van der Waals surface area contributed by atoms with Crippen molar-refractivity contribution in [2.24, 2.45) is 10.2 Å². The van der Waals surface area contributed by atoms with Crippen molar-refractivity contribution in [2.75, 3.05) is 0 Å². The largest absolute Gasteiger partial charge is 0.494 e. The van der Waals surface area contributed by atoms with Crippen LogP contribution < -0.4 is 0 Å². The molecular weight excluding hydrogens is 438 g/mol. The highest BCUT2D eigenvalue weighted by Gasteiger charge is 2.34. The Bertz CT molecular complexity index is 1700. The summed E-state index contributed by atoms with van der Waals surface area (Å²) in [5.41, 5.74) is 5.41. The number of hydrogen-bond donors (Lipinski definition) is 3. The molecule has 3 aromatic heterocycles. The van der Waals surface area contributed by atoms with Crippen LogP contribution in [0.25, 0.3) is 21.8 Å². The number of aromatic hydroxyl groups is 2. The first-order valence-corrected chi connectivity index (χ1v) is 11.2. The van der Waals surface area contributed by atoms with Crippen molar-refractivity contribution < 1.29 is 10.2 Å². The molecule has 168 valence electrons. The van der Waals surface area contributed by atoms with Gasteiger partial charge in [-0.25, -0.2) is 9.35 Å². The third-order valence-corrected chi connectivity index (χ3v) is 6.44. The second-order valence-electron chi connectivity index (χ2n) is 8.45. The molecule has 0 unspecified atom stereocenters. The van der Waals surface area contributed by atoms with Gasteiger partial charge in [0.1, 0.15) is 11.4 Å². The Morgan fingerprint density at radius 2 is 0.971 bits per heavy atom. The minimum atomic E-state index is -0.160. The monoisotopic (exact) mass is 457 g/mol. The first-order chi connectivity index (χ1) is 17.2. The highest BCUT2D eigenvalue weighted by Crippen LogP contribution is 2.39. The van der Waals surface area contributed by atoms with Crippen molar-refractivity contribution in [3.8, 4) is 11.8 Å². The van der Waals surface area contributed by atoms with Crippen LogP contribution in [-0.2, 0) is 0 Å². The molecule has 0 amide bonds. The lowest BCUT2D eigenvalue weighted by Gasteiger charge is -2.21. The molecule has 7 rings (SSSR count). The zero-order valence-corrected chi connectivity index (χ0v) is 18.4. The number of aromatic nitrogens is 3. The Balaban J connectivity index is 1.52. The molecule has 0 aliphatic heterocycles. The molecule has 1 aliphatic carbocycles. The zero-order valence-electron chi connectivity index (χ0n) is 18.4. The maximum absolute atomic E-state index is 10.9. The molecule has 6 aromatic rings. The molecule has 0 saturated heterocycles. The standard InChI is InChI=1S/C28H19N5O2/c34-27-23-24(28(35)29-27)26(31-33-16-14-18-8-2-6-12-22(18)33)20-10-4-3-9-19(20)25(23)30-32-15-13-17-7-1-5-11-21(17)32/h1-16,29,34-35H/b30-25-,31-26+. The van der Waals surface area contributed by atoms with Gasteiger partial charge in [-0.3, -0.25) is 4.98 Å². The fraction of sp³-hybridized carbons (Fsp3) is 0. The molecule has 0 bridgehead atoms. The van der Waals surface area contributed by atoms with E-state index in [-0.39, 0.29) is 11.8 Å². The highest BCUT2D eigenvalue weighted by molar-refractivity contribution is 6.33. The molecule has 7 nitrogen and oxygen atoms in total. The SMILES string of the molecule is Oc1[nH]c(O)c2c1/C(=N\n1ccc3ccccc31)c1ccccc1/C2=N\n1ccc2ccccc21. The number of hydrogen-bond acceptors (Lipinski definition) is 4. The van der Waals surface area contributed by atoms with Gasteiger partial charge in [0.15, 0.2) is 0 Å². The highest BCUT2D eigenvalue weighted by atomic mass is 16.3. The van der Waals surface area contributed by atoms with Crippen molar-refractivity contribution in [1.82, 2.24) is 14.3 Å². The maximum Gasteiger partial charge on any atom is 0.201 e. The van der Waals surface area contributed by atoms with Crippen LogP contribution >= 0.6 is 0 Å². The Kier molecular flexibility index (Phi) is 4.01. The van der Waals surface area contributed by atoms with E-state index in [4.69, 9.17) is 10.2 Å². The van der Waals surface area contributed by atoms with E-state index in [0.717, 1.165) is 32.9 Å². The van der Waals surface area contributed by atoms with Crippen molar-refractivity contribution in [3.63, 3.8) is 0 Å². The van der Waals surface area contributed by atoms with Gasteiger partial charge in [-0.1, -0.05) is 60.7 Å². The van der Waals surface area contributed by atoms with Crippen LogP contribution in [0.5, 0.6) is 11.8 Å². The Labute approximate surface area is 199 Å². The lowest BCUT2D eigenvalue weighted by molar-refractivity contribution is 0.424. The molecule has 35 heavy (non-hydrogen) atoms. The molecule has 1 aliphatic rings. The number of H-pyrrole nitrogens is 1. The lowest BCUT2D eigenvalue weighted by Crippen LogP contribution is -2.22. The third kappa shape index (κ3) is 2.85. The van der Waals surface area contributed by atoms with Crippen molar-refractivity contribution in [3.05, 3.63) is 120 Å². The number of rotatable bonds is 2. The second kappa shape index (κ2) is 7.23. The third-order valence-electron chi connectivity index (χ3n) is 6.44. The van der Waals surface area contributed by atoms with Crippen molar-refractivity contribution >= 4 is 33.2 Å². The van der Waals surface area contributed by atoms with Gasteiger partial charge in [0.25, 0.3) is 0 Å². The van der Waals surface area contributed by atoms with E-state index in [1.54, 1.807) is 9.35 Å². The number of aromatic amines is 1. The number of fused-ring (bicyclic) bond motifs is 4. The van der Waals surface area contributed by atoms with E-state index in [0.29, 0.717) is 22.6 Å². The molecule has 3 N–H and O–H groups in total. The Morgan fingerprint density at radius 1 is 0.543 bits per heavy atom. The predicted octanol–water partition coefficient (Wildman–Crippen LogP) is 5.25. The lowest BCUT2D eigenvalue weighted by atomic mass is 9.85. The van der Waals surface area contributed by atoms with Gasteiger partial charge < -0.3 is 10.2 Å². The molecule has 0 fully saturated rings. The fourth-order valence-electron chi connectivity index (χ4n) is 4.83. The van der Waals surface area contributed by atoms with Gasteiger partial charge in [-0.05, 0) is 24.3 Å². The van der Waals surface area contributed by atoms with Crippen molar-refractivity contribution in [1.29, 1.82) is 0 Å². The van der Waals surface area contributed by atoms with Crippen LogP contribution in [0.3, 0.4) is 0 Å². The normalized spacial score (nSPS) is 15.2. The summed E-state index contributed by atoms with van der Waals surface area (Å²) in [6, 6.07) is 27.7. The fourth-order valence-corrected chi connectivity index (χ4v) is 4.83. The Hall–Kier alpha value is -5.04. The summed E-state index contributed by atoms with van der Waals surface area (Å²) in [5.74, 6) is -0.320. The zero-order chi connectivity index (χ0) is 23.5. The first-order valence-electron chi connectivity index (χ1n) is 11.2. The van der Waals surface area contributed by atoms with E-state index in [1.165, 1.54) is 0 Å². The quantitative estimate of drug-likeness (QED) is 0.331. The minimum Gasteiger partial charge on any atom is -0.494 e. The summed E-state index contributed by atoms with van der Waals surface area (Å²) >= 11 is 0. The summed E-state index contributed by atoms with van der Waals surface area (Å²) in [6.07, 6.45) is 3.78. The average Bonchev–Trinajstić information content (AvgIpc) is 3.57. The maximum atomic E-state index is 10.9. The average molecular weight is 457 g/mol. The molecule has 3 aromatic carbocycles. The molecule has 7 heteroatoms. The molecule has 0 radical (unpaired) electrons. The molecule has 0 spiro atoms. The van der Waals surface area contributed by atoms with Gasteiger partial charge in [0, 0.05) is 34.3 Å². The second-order valence-corrected chi connectivity index (χ2v) is 8.45. The van der Waals surface area contributed by atoms with Crippen LogP contribution in [0, 0.1) is 0 Å². The van der Waals surface area contributed by atoms with Gasteiger partial charge in [0.2, 0.25) is 11.8 Å². The van der Waals surface area contributed by atoms with Gasteiger partial charge in [-0.15, -0.1) is 0 Å². The minimum absolute atomic E-state index is 0.160. The number of benzene rings is 3.